The maximum absolute atomic E-state index is 6.00. The van der Waals surface area contributed by atoms with Crippen molar-refractivity contribution in [1.29, 1.82) is 0 Å². The van der Waals surface area contributed by atoms with Crippen LogP contribution in [0, 0.1) is 5.92 Å². The Hall–Kier alpha value is -0.640. The largest absolute Gasteiger partial charge is 0.307 e. The van der Waals surface area contributed by atoms with E-state index in [9.17, 15) is 0 Å². The summed E-state index contributed by atoms with van der Waals surface area (Å²) < 4.78 is 1.27. The van der Waals surface area contributed by atoms with Gasteiger partial charge in [-0.2, -0.15) is 0 Å². The Morgan fingerprint density at radius 2 is 2.22 bits per heavy atom. The second-order valence-corrected chi connectivity index (χ2v) is 6.33. The fraction of sp³-hybridized carbons (Fsp3) is 0.500. The number of aromatic nitrogens is 1. The highest BCUT2D eigenvalue weighted by Crippen LogP contribution is 2.27. The zero-order valence-electron chi connectivity index (χ0n) is 10.2. The standard InChI is InChI=1S/C14H17ClN2S/c15-8-10-4-3-6-11(10)16-9-14-17-12-5-1-2-7-13(12)18-14/h1-2,5,7,10-11,16H,3-4,6,8-9H2. The zero-order valence-corrected chi connectivity index (χ0v) is 11.8. The second kappa shape index (κ2) is 5.55. The Morgan fingerprint density at radius 1 is 1.33 bits per heavy atom. The van der Waals surface area contributed by atoms with Gasteiger partial charge in [0.05, 0.1) is 10.2 Å². The molecule has 4 heteroatoms. The minimum atomic E-state index is 0.578. The Labute approximate surface area is 116 Å². The van der Waals surface area contributed by atoms with Gasteiger partial charge in [0.2, 0.25) is 0 Å². The van der Waals surface area contributed by atoms with Crippen LogP contribution < -0.4 is 5.32 Å². The number of thiazole rings is 1. The number of alkyl halides is 1. The van der Waals surface area contributed by atoms with E-state index in [2.05, 4.69) is 28.5 Å². The number of fused-ring (bicyclic) bond motifs is 1. The average molecular weight is 281 g/mol. The fourth-order valence-corrected chi connectivity index (χ4v) is 3.99. The van der Waals surface area contributed by atoms with Gasteiger partial charge in [0.25, 0.3) is 0 Å². The van der Waals surface area contributed by atoms with Crippen molar-refractivity contribution in [2.75, 3.05) is 5.88 Å². The highest BCUT2D eigenvalue weighted by atomic mass is 35.5. The molecule has 1 aromatic heterocycles. The van der Waals surface area contributed by atoms with Crippen molar-refractivity contribution in [3.8, 4) is 0 Å². The minimum Gasteiger partial charge on any atom is -0.307 e. The van der Waals surface area contributed by atoms with E-state index >= 15 is 0 Å². The Balaban J connectivity index is 1.66. The molecule has 0 radical (unpaired) electrons. The molecule has 2 aromatic rings. The number of halogens is 1. The molecule has 0 aliphatic heterocycles. The molecule has 2 atom stereocenters. The van der Waals surface area contributed by atoms with Crippen LogP contribution in [-0.2, 0) is 6.54 Å². The molecule has 18 heavy (non-hydrogen) atoms. The minimum absolute atomic E-state index is 0.578. The van der Waals surface area contributed by atoms with Gasteiger partial charge in [-0.3, -0.25) is 0 Å². The first kappa shape index (κ1) is 12.4. The summed E-state index contributed by atoms with van der Waals surface area (Å²) in [6.45, 7) is 0.872. The predicted octanol–water partition coefficient (Wildman–Crippen LogP) is 3.79. The van der Waals surface area contributed by atoms with Gasteiger partial charge in [0, 0.05) is 18.5 Å². The third-order valence-electron chi connectivity index (χ3n) is 3.71. The normalized spacial score (nSPS) is 23.8. The van der Waals surface area contributed by atoms with Crippen LogP contribution in [0.4, 0.5) is 0 Å². The SMILES string of the molecule is ClCC1CCCC1NCc1nc2ccccc2s1. The lowest BCUT2D eigenvalue weighted by Crippen LogP contribution is -2.32. The summed E-state index contributed by atoms with van der Waals surface area (Å²) in [6.07, 6.45) is 3.82. The summed E-state index contributed by atoms with van der Waals surface area (Å²) >= 11 is 7.78. The molecular formula is C14H17ClN2S. The molecule has 1 aliphatic carbocycles. The van der Waals surface area contributed by atoms with Crippen molar-refractivity contribution in [1.82, 2.24) is 10.3 Å². The molecule has 1 aliphatic rings. The van der Waals surface area contributed by atoms with Gasteiger partial charge in [-0.1, -0.05) is 18.6 Å². The van der Waals surface area contributed by atoms with E-state index in [1.807, 2.05) is 6.07 Å². The molecule has 1 heterocycles. The van der Waals surface area contributed by atoms with Crippen LogP contribution in [0.1, 0.15) is 24.3 Å². The van der Waals surface area contributed by atoms with Gasteiger partial charge in [0.15, 0.2) is 0 Å². The van der Waals surface area contributed by atoms with Crippen molar-refractivity contribution < 1.29 is 0 Å². The number of hydrogen-bond acceptors (Lipinski definition) is 3. The fourth-order valence-electron chi connectivity index (χ4n) is 2.70. The Morgan fingerprint density at radius 3 is 3.06 bits per heavy atom. The lowest BCUT2D eigenvalue weighted by Gasteiger charge is -2.17. The van der Waals surface area contributed by atoms with Crippen molar-refractivity contribution >= 4 is 33.2 Å². The molecule has 2 unspecified atom stereocenters. The van der Waals surface area contributed by atoms with Crippen molar-refractivity contribution in [3.05, 3.63) is 29.3 Å². The highest BCUT2D eigenvalue weighted by molar-refractivity contribution is 7.18. The second-order valence-electron chi connectivity index (χ2n) is 4.91. The maximum atomic E-state index is 6.00. The molecule has 0 saturated heterocycles. The van der Waals surface area contributed by atoms with Crippen molar-refractivity contribution in [2.24, 2.45) is 5.92 Å². The van der Waals surface area contributed by atoms with E-state index < -0.39 is 0 Å². The molecule has 1 N–H and O–H groups in total. The van der Waals surface area contributed by atoms with Crippen LogP contribution in [-0.4, -0.2) is 16.9 Å². The first-order valence-corrected chi connectivity index (χ1v) is 7.85. The number of para-hydroxylation sites is 1. The number of rotatable bonds is 4. The summed E-state index contributed by atoms with van der Waals surface area (Å²) in [4.78, 5) is 4.65. The molecule has 0 spiro atoms. The molecule has 3 rings (SSSR count). The van der Waals surface area contributed by atoms with E-state index in [0.29, 0.717) is 12.0 Å². The predicted molar refractivity (Wildman–Crippen MR) is 78.3 cm³/mol. The molecule has 96 valence electrons. The zero-order chi connectivity index (χ0) is 12.4. The van der Waals surface area contributed by atoms with Gasteiger partial charge in [-0.05, 0) is 30.9 Å². The number of nitrogens with one attached hydrogen (secondary N) is 1. The smallest absolute Gasteiger partial charge is 0.108 e. The van der Waals surface area contributed by atoms with E-state index in [1.54, 1.807) is 11.3 Å². The molecule has 0 amide bonds. The third kappa shape index (κ3) is 2.53. The summed E-state index contributed by atoms with van der Waals surface area (Å²) in [5, 5.41) is 4.80. The van der Waals surface area contributed by atoms with Gasteiger partial charge in [-0.15, -0.1) is 22.9 Å². The molecule has 1 fully saturated rings. The molecule has 1 aromatic carbocycles. The van der Waals surface area contributed by atoms with E-state index in [1.165, 1.54) is 29.0 Å². The number of nitrogens with zero attached hydrogens (tertiary/aromatic N) is 1. The highest BCUT2D eigenvalue weighted by Gasteiger charge is 2.25. The Bertz CT molecular complexity index is 492. The average Bonchev–Trinajstić information content (AvgIpc) is 3.01. The van der Waals surface area contributed by atoms with Crippen molar-refractivity contribution in [3.63, 3.8) is 0 Å². The van der Waals surface area contributed by atoms with Crippen LogP contribution in [0.25, 0.3) is 10.2 Å². The van der Waals surface area contributed by atoms with Crippen LogP contribution in [0.15, 0.2) is 24.3 Å². The van der Waals surface area contributed by atoms with Gasteiger partial charge in [-0.25, -0.2) is 4.98 Å². The topological polar surface area (TPSA) is 24.9 Å². The third-order valence-corrected chi connectivity index (χ3v) is 5.14. The maximum Gasteiger partial charge on any atom is 0.108 e. The van der Waals surface area contributed by atoms with Crippen LogP contribution in [0.3, 0.4) is 0 Å². The lowest BCUT2D eigenvalue weighted by molar-refractivity contribution is 0.429. The van der Waals surface area contributed by atoms with Crippen LogP contribution in [0.2, 0.25) is 0 Å². The first-order valence-electron chi connectivity index (χ1n) is 6.50. The monoisotopic (exact) mass is 280 g/mol. The molecule has 2 nitrogen and oxygen atoms in total. The summed E-state index contributed by atoms with van der Waals surface area (Å²) in [6, 6.07) is 8.90. The van der Waals surface area contributed by atoms with E-state index in [-0.39, 0.29) is 0 Å². The van der Waals surface area contributed by atoms with E-state index in [4.69, 9.17) is 11.6 Å². The van der Waals surface area contributed by atoms with Gasteiger partial charge < -0.3 is 5.32 Å². The Kier molecular flexibility index (Phi) is 3.83. The molecule has 0 bridgehead atoms. The van der Waals surface area contributed by atoms with Crippen LogP contribution >= 0.6 is 22.9 Å². The van der Waals surface area contributed by atoms with E-state index in [0.717, 1.165) is 17.9 Å². The number of hydrogen-bond donors (Lipinski definition) is 1. The van der Waals surface area contributed by atoms with Gasteiger partial charge >= 0.3 is 0 Å². The molecule has 1 saturated carbocycles. The quantitative estimate of drug-likeness (QED) is 0.862. The lowest BCUT2D eigenvalue weighted by atomic mass is 10.1. The molecular weight excluding hydrogens is 264 g/mol. The summed E-state index contributed by atoms with van der Waals surface area (Å²) in [5.41, 5.74) is 1.11. The van der Waals surface area contributed by atoms with Gasteiger partial charge in [0.1, 0.15) is 5.01 Å². The first-order chi connectivity index (χ1) is 8.86. The summed E-state index contributed by atoms with van der Waals surface area (Å²) in [7, 11) is 0. The number of benzene rings is 1. The van der Waals surface area contributed by atoms with Crippen molar-refractivity contribution in [2.45, 2.75) is 31.8 Å². The van der Waals surface area contributed by atoms with Crippen LogP contribution in [0.5, 0.6) is 0 Å². The summed E-state index contributed by atoms with van der Waals surface area (Å²) in [5.74, 6) is 1.42.